The van der Waals surface area contributed by atoms with E-state index in [9.17, 15) is 23.3 Å². The van der Waals surface area contributed by atoms with Crippen molar-refractivity contribution in [3.8, 4) is 17.5 Å². The molecule has 1 saturated heterocycles. The van der Waals surface area contributed by atoms with Crippen LogP contribution in [-0.4, -0.2) is 46.6 Å². The Balaban J connectivity index is 0.976. The van der Waals surface area contributed by atoms with Gasteiger partial charge in [0.25, 0.3) is 0 Å². The van der Waals surface area contributed by atoms with Gasteiger partial charge < -0.3 is 29.2 Å². The van der Waals surface area contributed by atoms with Crippen LogP contribution in [0.15, 0.2) is 66.9 Å². The van der Waals surface area contributed by atoms with E-state index in [1.165, 1.54) is 24.0 Å². The fraction of sp³-hybridized carbons (Fsp3) is 0.387. The number of rotatable bonds is 9. The first-order valence-electron chi connectivity index (χ1n) is 14.3. The summed E-state index contributed by atoms with van der Waals surface area (Å²) in [7, 11) is 0. The molecular weight excluding hydrogens is 565 g/mol. The molecule has 1 aromatic heterocycles. The summed E-state index contributed by atoms with van der Waals surface area (Å²) >= 11 is 0. The average Bonchev–Trinajstić information content (AvgIpc) is 3.43. The predicted octanol–water partition coefficient (Wildman–Crippen LogP) is 6.92. The molecular formula is C31H31F3N4O5. The minimum Gasteiger partial charge on any atom is -0.490 e. The number of alkyl halides is 3. The van der Waals surface area contributed by atoms with Crippen molar-refractivity contribution in [3.05, 3.63) is 82.5 Å². The Labute approximate surface area is 245 Å². The fourth-order valence-corrected chi connectivity index (χ4v) is 5.73. The van der Waals surface area contributed by atoms with E-state index in [0.717, 1.165) is 60.9 Å². The zero-order chi connectivity index (χ0) is 30.0. The number of anilines is 1. The molecule has 9 nitrogen and oxygen atoms in total. The molecule has 3 aromatic carbocycles. The van der Waals surface area contributed by atoms with Crippen molar-refractivity contribution < 1.29 is 32.3 Å². The van der Waals surface area contributed by atoms with E-state index in [4.69, 9.17) is 9.47 Å². The second-order valence-corrected chi connectivity index (χ2v) is 11.0. The van der Waals surface area contributed by atoms with Crippen molar-refractivity contribution in [2.45, 2.75) is 51.1 Å². The summed E-state index contributed by atoms with van der Waals surface area (Å²) in [5, 5.41) is 13.2. The van der Waals surface area contributed by atoms with Gasteiger partial charge in [0.2, 0.25) is 0 Å². The second-order valence-electron chi connectivity index (χ2n) is 11.0. The molecule has 4 aromatic rings. The van der Waals surface area contributed by atoms with Gasteiger partial charge in [0.15, 0.2) is 0 Å². The van der Waals surface area contributed by atoms with Crippen LogP contribution in [0.3, 0.4) is 0 Å². The summed E-state index contributed by atoms with van der Waals surface area (Å²) in [5.41, 5.74) is 2.19. The van der Waals surface area contributed by atoms with Crippen LogP contribution in [-0.2, 0) is 13.0 Å². The van der Waals surface area contributed by atoms with Crippen molar-refractivity contribution in [3.63, 3.8) is 0 Å². The van der Waals surface area contributed by atoms with Crippen LogP contribution >= 0.6 is 0 Å². The van der Waals surface area contributed by atoms with E-state index in [1.807, 2.05) is 18.2 Å². The smallest absolute Gasteiger partial charge is 0.490 e. The van der Waals surface area contributed by atoms with Crippen LogP contribution in [0.25, 0.3) is 10.8 Å². The summed E-state index contributed by atoms with van der Waals surface area (Å²) in [4.78, 5) is 16.8. The first-order chi connectivity index (χ1) is 20.7. The average molecular weight is 597 g/mol. The van der Waals surface area contributed by atoms with E-state index in [1.54, 1.807) is 16.7 Å². The normalized spacial score (nSPS) is 17.4. The van der Waals surface area contributed by atoms with Crippen LogP contribution in [0, 0.1) is 16.0 Å². The van der Waals surface area contributed by atoms with Crippen LogP contribution in [0.2, 0.25) is 0 Å². The third-order valence-electron chi connectivity index (χ3n) is 8.09. The minimum absolute atomic E-state index is 0.191. The summed E-state index contributed by atoms with van der Waals surface area (Å²) in [6.07, 6.45) is 1.11. The van der Waals surface area contributed by atoms with Crippen LogP contribution < -0.4 is 19.1 Å². The van der Waals surface area contributed by atoms with Crippen LogP contribution in [0.5, 0.6) is 17.5 Å². The van der Waals surface area contributed by atoms with Crippen molar-refractivity contribution in [2.75, 3.05) is 24.6 Å². The molecule has 1 unspecified atom stereocenters. The fourth-order valence-electron chi connectivity index (χ4n) is 5.73. The number of hydrogen-bond acceptors (Lipinski definition) is 7. The quantitative estimate of drug-likeness (QED) is 0.153. The van der Waals surface area contributed by atoms with Crippen molar-refractivity contribution in [1.82, 2.24) is 9.55 Å². The van der Waals surface area contributed by atoms with Crippen LogP contribution in [0.1, 0.15) is 31.2 Å². The number of nitro groups is 1. The number of aryl methyl sites for hydroxylation is 2. The molecule has 2 aliphatic rings. The highest BCUT2D eigenvalue weighted by molar-refractivity contribution is 5.87. The summed E-state index contributed by atoms with van der Waals surface area (Å²) in [6.45, 7) is 2.81. The second kappa shape index (κ2) is 12.0. The number of imidazole rings is 1. The van der Waals surface area contributed by atoms with E-state index in [-0.39, 0.29) is 23.7 Å². The predicted molar refractivity (Wildman–Crippen MR) is 154 cm³/mol. The molecule has 6 rings (SSSR count). The maximum Gasteiger partial charge on any atom is 0.573 e. The summed E-state index contributed by atoms with van der Waals surface area (Å²) in [5.74, 6) is 0.891. The van der Waals surface area contributed by atoms with E-state index in [2.05, 4.69) is 32.8 Å². The highest BCUT2D eigenvalue weighted by atomic mass is 19.4. The lowest BCUT2D eigenvalue weighted by Gasteiger charge is -2.34. The molecule has 43 heavy (non-hydrogen) atoms. The number of halogens is 3. The number of fused-ring (bicyclic) bond motifs is 2. The summed E-state index contributed by atoms with van der Waals surface area (Å²) < 4.78 is 54.5. The summed E-state index contributed by atoms with van der Waals surface area (Å²) in [6, 6.07) is 18.8. The molecule has 12 heteroatoms. The molecule has 0 radical (unpaired) electrons. The Hall–Kier alpha value is -4.48. The molecule has 1 atom stereocenters. The Morgan fingerprint density at radius 2 is 1.67 bits per heavy atom. The SMILES string of the molecule is O=[N+]([O-])c1cn2c(n1)OC(COc1ccc3cc(N4CCC(CCc5ccc(OC(F)(F)F)cc5)CC4)ccc3c1)CC2. The van der Waals surface area contributed by atoms with Crippen molar-refractivity contribution >= 4 is 22.3 Å². The zero-order valence-corrected chi connectivity index (χ0v) is 23.3. The first-order valence-corrected chi connectivity index (χ1v) is 14.3. The molecule has 3 heterocycles. The Morgan fingerprint density at radius 3 is 2.42 bits per heavy atom. The highest BCUT2D eigenvalue weighted by Gasteiger charge is 2.31. The van der Waals surface area contributed by atoms with Gasteiger partial charge in [-0.3, -0.25) is 4.57 Å². The molecule has 0 amide bonds. The minimum atomic E-state index is -4.67. The van der Waals surface area contributed by atoms with Gasteiger partial charge in [-0.25, -0.2) is 0 Å². The molecule has 226 valence electrons. The maximum absolute atomic E-state index is 12.4. The number of hydrogen-bond donors (Lipinski definition) is 0. The number of aromatic nitrogens is 2. The molecule has 0 N–H and O–H groups in total. The largest absolute Gasteiger partial charge is 0.573 e. The van der Waals surface area contributed by atoms with Crippen LogP contribution in [0.4, 0.5) is 24.7 Å². The lowest BCUT2D eigenvalue weighted by Crippen LogP contribution is -2.33. The number of ether oxygens (including phenoxy) is 3. The van der Waals surface area contributed by atoms with Gasteiger partial charge in [0.1, 0.15) is 30.4 Å². The number of nitrogens with zero attached hydrogens (tertiary/aromatic N) is 4. The Kier molecular flexibility index (Phi) is 8.00. The standard InChI is InChI=1S/C31H31F3N4O5/c32-31(33,34)43-26-8-3-21(4-9-26)1-2-22-11-14-36(15-12-22)25-7-5-24-18-27(10-6-23(24)17-25)41-20-28-13-16-37-19-29(38(39)40)35-30(37)42-28/h3-10,17-19,22,28H,1-2,11-16,20H2. The monoisotopic (exact) mass is 596 g/mol. The van der Waals surface area contributed by atoms with E-state index < -0.39 is 11.3 Å². The third-order valence-corrected chi connectivity index (χ3v) is 8.09. The Morgan fingerprint density at radius 1 is 0.953 bits per heavy atom. The molecule has 0 saturated carbocycles. The van der Waals surface area contributed by atoms with Gasteiger partial charge in [-0.2, -0.15) is 0 Å². The van der Waals surface area contributed by atoms with Crippen molar-refractivity contribution in [2.24, 2.45) is 5.92 Å². The molecule has 0 aliphatic carbocycles. The van der Waals surface area contributed by atoms with Gasteiger partial charge >= 0.3 is 18.2 Å². The highest BCUT2D eigenvalue weighted by Crippen LogP contribution is 2.31. The third kappa shape index (κ3) is 7.12. The van der Waals surface area contributed by atoms with E-state index >= 15 is 0 Å². The first kappa shape index (κ1) is 28.6. The van der Waals surface area contributed by atoms with Crippen molar-refractivity contribution in [1.29, 1.82) is 0 Å². The Bertz CT molecular complexity index is 1580. The topological polar surface area (TPSA) is 91.9 Å². The molecule has 0 bridgehead atoms. The molecule has 1 fully saturated rings. The maximum atomic E-state index is 12.4. The number of piperidine rings is 1. The van der Waals surface area contributed by atoms with Gasteiger partial charge in [-0.1, -0.05) is 24.3 Å². The number of benzene rings is 3. The van der Waals surface area contributed by atoms with Gasteiger partial charge in [0, 0.05) is 36.7 Å². The lowest BCUT2D eigenvalue weighted by atomic mass is 9.90. The van der Waals surface area contributed by atoms with Gasteiger partial charge in [-0.15, -0.1) is 13.2 Å². The lowest BCUT2D eigenvalue weighted by molar-refractivity contribution is -0.389. The van der Waals surface area contributed by atoms with Gasteiger partial charge in [0.05, 0.1) is 0 Å². The molecule has 2 aliphatic heterocycles. The zero-order valence-electron chi connectivity index (χ0n) is 23.3. The molecule has 0 spiro atoms. The van der Waals surface area contributed by atoms with E-state index in [0.29, 0.717) is 25.5 Å². The van der Waals surface area contributed by atoms with Gasteiger partial charge in [-0.05, 0) is 89.3 Å².